The summed E-state index contributed by atoms with van der Waals surface area (Å²) in [5.41, 5.74) is -1.24. The van der Waals surface area contributed by atoms with E-state index in [0.717, 1.165) is 0 Å². The highest BCUT2D eigenvalue weighted by atomic mass is 19.1. The van der Waals surface area contributed by atoms with E-state index in [-0.39, 0.29) is 5.91 Å². The van der Waals surface area contributed by atoms with Gasteiger partial charge in [0.15, 0.2) is 11.6 Å². The zero-order chi connectivity index (χ0) is 15.4. The number of benzene rings is 1. The maximum absolute atomic E-state index is 13.6. The third-order valence-corrected chi connectivity index (χ3v) is 2.82. The smallest absolute Gasteiger partial charge is 0.275 e. The summed E-state index contributed by atoms with van der Waals surface area (Å²) >= 11 is 0. The van der Waals surface area contributed by atoms with Crippen LogP contribution in [0.5, 0.6) is 0 Å². The molecule has 1 aromatic carbocycles. The van der Waals surface area contributed by atoms with Gasteiger partial charge in [-0.2, -0.15) is 0 Å². The number of carbonyl (C=O) groups is 1. The monoisotopic (exact) mass is 287 g/mol. The predicted molar refractivity (Wildman–Crippen MR) is 69.4 cm³/mol. The molecule has 0 bridgehead atoms. The molecule has 0 heterocycles. The summed E-state index contributed by atoms with van der Waals surface area (Å²) in [4.78, 5) is 22.7. The van der Waals surface area contributed by atoms with Crippen LogP contribution in [-0.4, -0.2) is 35.4 Å². The van der Waals surface area contributed by atoms with Crippen molar-refractivity contribution in [2.75, 3.05) is 18.9 Å². The molecule has 0 aromatic heterocycles. The molecule has 20 heavy (non-hydrogen) atoms. The minimum Gasteiger partial charge on any atom is -0.369 e. The Labute approximate surface area is 114 Å². The minimum atomic E-state index is -1.12. The van der Waals surface area contributed by atoms with Gasteiger partial charge in [0.1, 0.15) is 11.7 Å². The van der Waals surface area contributed by atoms with Crippen LogP contribution in [0.4, 0.5) is 20.2 Å². The maximum Gasteiger partial charge on any atom is 0.275 e. The van der Waals surface area contributed by atoms with Crippen LogP contribution in [0, 0.1) is 21.7 Å². The number of hydrogen-bond acceptors (Lipinski definition) is 4. The molecule has 1 N–H and O–H groups in total. The molecule has 0 fully saturated rings. The fraction of sp³-hybridized carbons (Fsp3) is 0.417. The number of halogens is 2. The number of carbonyl (C=O) groups excluding carboxylic acids is 1. The maximum atomic E-state index is 13.6. The van der Waals surface area contributed by atoms with Crippen molar-refractivity contribution < 1.29 is 18.5 Å². The molecule has 110 valence electrons. The van der Waals surface area contributed by atoms with Crippen molar-refractivity contribution >= 4 is 17.3 Å². The standard InChI is InChI=1S/C12H15F2N3O3/c1-4-16(3)12(18)7(2)15-11-9(13)5-8(17(19)20)6-10(11)14/h5-7,15H,4H2,1-3H3. The zero-order valence-corrected chi connectivity index (χ0v) is 11.3. The molecule has 1 aromatic rings. The predicted octanol–water partition coefficient (Wildman–Crippen LogP) is 2.15. The minimum absolute atomic E-state index is 0.343. The van der Waals surface area contributed by atoms with Crippen LogP contribution < -0.4 is 5.32 Å². The normalized spacial score (nSPS) is 11.8. The Hall–Kier alpha value is -2.25. The lowest BCUT2D eigenvalue weighted by atomic mass is 10.2. The highest BCUT2D eigenvalue weighted by Gasteiger charge is 2.22. The third-order valence-electron chi connectivity index (χ3n) is 2.82. The van der Waals surface area contributed by atoms with Crippen molar-refractivity contribution in [3.63, 3.8) is 0 Å². The quantitative estimate of drug-likeness (QED) is 0.665. The molecule has 0 aliphatic heterocycles. The van der Waals surface area contributed by atoms with E-state index >= 15 is 0 Å². The molecule has 0 radical (unpaired) electrons. The summed E-state index contributed by atoms with van der Waals surface area (Å²) in [5.74, 6) is -2.57. The Bertz CT molecular complexity index is 514. The summed E-state index contributed by atoms with van der Waals surface area (Å²) in [6.45, 7) is 3.67. The van der Waals surface area contributed by atoms with Gasteiger partial charge in [0, 0.05) is 13.6 Å². The van der Waals surface area contributed by atoms with Gasteiger partial charge in [-0.1, -0.05) is 0 Å². The second-order valence-electron chi connectivity index (χ2n) is 4.26. The molecular weight excluding hydrogens is 272 g/mol. The van der Waals surface area contributed by atoms with Crippen LogP contribution in [0.3, 0.4) is 0 Å². The Morgan fingerprint density at radius 3 is 2.35 bits per heavy atom. The van der Waals surface area contributed by atoms with Crippen LogP contribution in [0.1, 0.15) is 13.8 Å². The molecule has 1 atom stereocenters. The molecule has 6 nitrogen and oxygen atoms in total. The number of nitrogens with zero attached hydrogens (tertiary/aromatic N) is 2. The lowest BCUT2D eigenvalue weighted by Crippen LogP contribution is -2.39. The molecule has 8 heteroatoms. The van der Waals surface area contributed by atoms with E-state index in [4.69, 9.17) is 0 Å². The Morgan fingerprint density at radius 2 is 1.95 bits per heavy atom. The van der Waals surface area contributed by atoms with E-state index in [1.54, 1.807) is 14.0 Å². The number of hydrogen-bond donors (Lipinski definition) is 1. The third kappa shape index (κ3) is 3.40. The molecule has 1 rings (SSSR count). The number of anilines is 1. The summed E-state index contributed by atoms with van der Waals surface area (Å²) in [5, 5.41) is 12.9. The van der Waals surface area contributed by atoms with Gasteiger partial charge < -0.3 is 10.2 Å². The zero-order valence-electron chi connectivity index (χ0n) is 11.3. The molecule has 0 saturated carbocycles. The summed E-state index contributed by atoms with van der Waals surface area (Å²) in [6, 6.07) is 0.351. The number of nitro groups is 1. The van der Waals surface area contributed by atoms with E-state index in [1.165, 1.54) is 11.8 Å². The van der Waals surface area contributed by atoms with Gasteiger partial charge in [0.25, 0.3) is 5.69 Å². The first-order valence-electron chi connectivity index (χ1n) is 5.92. The van der Waals surface area contributed by atoms with Crippen molar-refractivity contribution in [2.24, 2.45) is 0 Å². The fourth-order valence-corrected chi connectivity index (χ4v) is 1.57. The van der Waals surface area contributed by atoms with Gasteiger partial charge in [-0.05, 0) is 13.8 Å². The van der Waals surface area contributed by atoms with Gasteiger partial charge in [0.05, 0.1) is 17.1 Å². The lowest BCUT2D eigenvalue weighted by molar-refractivity contribution is -0.385. The van der Waals surface area contributed by atoms with Crippen molar-refractivity contribution in [1.82, 2.24) is 4.90 Å². The average Bonchev–Trinajstić information content (AvgIpc) is 2.40. The highest BCUT2D eigenvalue weighted by molar-refractivity contribution is 5.84. The number of rotatable bonds is 5. The molecular formula is C12H15F2N3O3. The summed E-state index contributed by atoms with van der Waals surface area (Å²) < 4.78 is 27.3. The van der Waals surface area contributed by atoms with Crippen molar-refractivity contribution in [2.45, 2.75) is 19.9 Å². The van der Waals surface area contributed by atoms with Gasteiger partial charge >= 0.3 is 0 Å². The molecule has 0 aliphatic rings. The number of nitro benzene ring substituents is 1. The van der Waals surface area contributed by atoms with Crippen molar-refractivity contribution in [3.05, 3.63) is 33.9 Å². The average molecular weight is 287 g/mol. The number of non-ortho nitro benzene ring substituents is 1. The Kier molecular flexibility index (Phi) is 4.95. The van der Waals surface area contributed by atoms with Crippen LogP contribution in [-0.2, 0) is 4.79 Å². The second kappa shape index (κ2) is 6.27. The number of likely N-dealkylation sites (N-methyl/N-ethyl adjacent to an activating group) is 1. The summed E-state index contributed by atoms with van der Waals surface area (Å²) in [7, 11) is 1.56. The van der Waals surface area contributed by atoms with Crippen LogP contribution >= 0.6 is 0 Å². The first-order valence-corrected chi connectivity index (χ1v) is 5.92. The van der Waals surface area contributed by atoms with E-state index in [9.17, 15) is 23.7 Å². The Balaban J connectivity index is 2.99. The fourth-order valence-electron chi connectivity index (χ4n) is 1.57. The van der Waals surface area contributed by atoms with Crippen LogP contribution in [0.15, 0.2) is 12.1 Å². The van der Waals surface area contributed by atoms with Crippen LogP contribution in [0.25, 0.3) is 0 Å². The van der Waals surface area contributed by atoms with Crippen molar-refractivity contribution in [1.29, 1.82) is 0 Å². The second-order valence-corrected chi connectivity index (χ2v) is 4.26. The number of amides is 1. The SMILES string of the molecule is CCN(C)C(=O)C(C)Nc1c(F)cc([N+](=O)[O-])cc1F. The van der Waals surface area contributed by atoms with E-state index in [0.29, 0.717) is 18.7 Å². The highest BCUT2D eigenvalue weighted by Crippen LogP contribution is 2.25. The lowest BCUT2D eigenvalue weighted by Gasteiger charge is -2.21. The first-order chi connectivity index (χ1) is 9.27. The summed E-state index contributed by atoms with van der Waals surface area (Å²) in [6.07, 6.45) is 0. The van der Waals surface area contributed by atoms with Crippen LogP contribution in [0.2, 0.25) is 0 Å². The van der Waals surface area contributed by atoms with Gasteiger partial charge in [0.2, 0.25) is 5.91 Å². The molecule has 0 saturated heterocycles. The molecule has 1 amide bonds. The molecule has 0 spiro atoms. The van der Waals surface area contributed by atoms with Crippen molar-refractivity contribution in [3.8, 4) is 0 Å². The number of nitrogens with one attached hydrogen (secondary N) is 1. The van der Waals surface area contributed by atoms with Gasteiger partial charge in [-0.25, -0.2) is 8.78 Å². The van der Waals surface area contributed by atoms with Gasteiger partial charge in [-0.15, -0.1) is 0 Å². The molecule has 1 unspecified atom stereocenters. The van der Waals surface area contributed by atoms with E-state index in [1.807, 2.05) is 0 Å². The molecule has 0 aliphatic carbocycles. The van der Waals surface area contributed by atoms with Gasteiger partial charge in [-0.3, -0.25) is 14.9 Å². The Morgan fingerprint density at radius 1 is 1.45 bits per heavy atom. The first kappa shape index (κ1) is 15.8. The topological polar surface area (TPSA) is 75.5 Å². The largest absolute Gasteiger partial charge is 0.369 e. The van der Waals surface area contributed by atoms with E-state index < -0.39 is 34.0 Å². The van der Waals surface area contributed by atoms with E-state index in [2.05, 4.69) is 5.32 Å².